The van der Waals surface area contributed by atoms with Crippen molar-refractivity contribution in [3.05, 3.63) is 76.4 Å². The van der Waals surface area contributed by atoms with Crippen LogP contribution in [-0.2, 0) is 41.9 Å². The fraction of sp³-hybridized carbons (Fsp3) is 0.407. The van der Waals surface area contributed by atoms with E-state index in [1.54, 1.807) is 0 Å². The number of aromatic nitrogens is 2. The van der Waals surface area contributed by atoms with Crippen molar-refractivity contribution in [2.24, 2.45) is 0 Å². The average molecular weight is 448 g/mol. The molecule has 2 aromatic carbocycles. The highest BCUT2D eigenvalue weighted by Crippen LogP contribution is 2.31. The second kappa shape index (κ2) is 10.2. The number of imidazole rings is 1. The largest absolute Gasteiger partial charge is 0.465 e. The molecule has 1 unspecified atom stereocenters. The lowest BCUT2D eigenvalue weighted by Gasteiger charge is -2.18. The summed E-state index contributed by atoms with van der Waals surface area (Å²) in [5.74, 6) is -0.0350. The molecule has 0 radical (unpaired) electrons. The van der Waals surface area contributed by atoms with Crippen molar-refractivity contribution >= 4 is 17.3 Å². The number of aliphatic hydroxyl groups is 1. The van der Waals surface area contributed by atoms with E-state index in [9.17, 15) is 9.90 Å². The summed E-state index contributed by atoms with van der Waals surface area (Å²) in [6.45, 7) is 6.58. The Morgan fingerprint density at radius 3 is 2.61 bits per heavy atom. The van der Waals surface area contributed by atoms with Crippen molar-refractivity contribution in [3.8, 4) is 0 Å². The van der Waals surface area contributed by atoms with Crippen LogP contribution in [-0.4, -0.2) is 27.2 Å². The number of hydrogen-bond donors (Lipinski definition) is 2. The maximum atomic E-state index is 12.7. The number of ether oxygens (including phenoxy) is 1. The van der Waals surface area contributed by atoms with E-state index in [0.29, 0.717) is 31.8 Å². The van der Waals surface area contributed by atoms with Gasteiger partial charge >= 0.3 is 5.97 Å². The molecule has 2 N–H and O–H groups in total. The van der Waals surface area contributed by atoms with E-state index in [0.717, 1.165) is 41.2 Å². The number of aliphatic hydroxyl groups excluding tert-OH is 1. The number of aryl methyl sites for hydroxylation is 3. The van der Waals surface area contributed by atoms with Gasteiger partial charge in [0, 0.05) is 17.9 Å². The van der Waals surface area contributed by atoms with E-state index in [4.69, 9.17) is 9.72 Å². The van der Waals surface area contributed by atoms with Crippen LogP contribution in [0.4, 0.5) is 11.4 Å². The molecule has 1 aliphatic heterocycles. The summed E-state index contributed by atoms with van der Waals surface area (Å²) >= 11 is 0. The minimum atomic E-state index is -0.451. The Labute approximate surface area is 195 Å². The standard InChI is InChI=1S/C27H33N3O3/c1-4-21(27(32)33-6-3)26-29-22(5-2)25(17-31)30(26)16-18-11-14-24-20(15-18)13-12-19-9-7-8-10-23(19)28-24/h7-11,14-15,21,28,31H,4-6,12-13,16-17H2,1-3H3. The van der Waals surface area contributed by atoms with Gasteiger partial charge < -0.3 is 19.7 Å². The van der Waals surface area contributed by atoms with Crippen LogP contribution in [0.2, 0.25) is 0 Å². The van der Waals surface area contributed by atoms with Gasteiger partial charge in [0.1, 0.15) is 11.7 Å². The summed E-state index contributed by atoms with van der Waals surface area (Å²) in [6.07, 6.45) is 3.23. The zero-order valence-corrected chi connectivity index (χ0v) is 19.7. The molecule has 2 heterocycles. The van der Waals surface area contributed by atoms with E-state index in [2.05, 4.69) is 47.8 Å². The fourth-order valence-corrected chi connectivity index (χ4v) is 4.69. The molecular weight excluding hydrogens is 414 g/mol. The topological polar surface area (TPSA) is 76.4 Å². The molecule has 6 heteroatoms. The SMILES string of the molecule is CCOC(=O)C(CC)c1nc(CC)c(CO)n1Cc1ccc2c(c1)CCc1ccccc1N2. The minimum Gasteiger partial charge on any atom is -0.465 e. The molecule has 33 heavy (non-hydrogen) atoms. The first-order valence-electron chi connectivity index (χ1n) is 11.9. The lowest BCUT2D eigenvalue weighted by atomic mass is 10.0. The van der Waals surface area contributed by atoms with Crippen LogP contribution in [0.5, 0.6) is 0 Å². The Kier molecular flexibility index (Phi) is 7.14. The van der Waals surface area contributed by atoms with Crippen LogP contribution in [0.15, 0.2) is 42.5 Å². The minimum absolute atomic E-state index is 0.114. The van der Waals surface area contributed by atoms with E-state index in [-0.39, 0.29) is 12.6 Å². The Morgan fingerprint density at radius 1 is 1.12 bits per heavy atom. The Hall–Kier alpha value is -3.12. The maximum Gasteiger partial charge on any atom is 0.316 e. The summed E-state index contributed by atoms with van der Waals surface area (Å²) in [6, 6.07) is 14.9. The molecule has 0 fully saturated rings. The fourth-order valence-electron chi connectivity index (χ4n) is 4.69. The number of nitrogens with zero attached hydrogens (tertiary/aromatic N) is 2. The smallest absolute Gasteiger partial charge is 0.316 e. The third-order valence-electron chi connectivity index (χ3n) is 6.42. The number of hydrogen-bond acceptors (Lipinski definition) is 5. The normalized spacial score (nSPS) is 13.5. The lowest BCUT2D eigenvalue weighted by Crippen LogP contribution is -2.21. The van der Waals surface area contributed by atoms with Crippen molar-refractivity contribution in [2.45, 2.75) is 65.5 Å². The van der Waals surface area contributed by atoms with Gasteiger partial charge in [-0.05, 0) is 61.4 Å². The molecule has 4 rings (SSSR count). The van der Waals surface area contributed by atoms with Crippen molar-refractivity contribution in [3.63, 3.8) is 0 Å². The van der Waals surface area contributed by atoms with Crippen LogP contribution in [0.25, 0.3) is 0 Å². The number of carbonyl (C=O) groups is 1. The van der Waals surface area contributed by atoms with Crippen molar-refractivity contribution in [1.82, 2.24) is 9.55 Å². The highest BCUT2D eigenvalue weighted by Gasteiger charge is 2.28. The zero-order valence-electron chi connectivity index (χ0n) is 19.7. The molecule has 1 aliphatic rings. The summed E-state index contributed by atoms with van der Waals surface area (Å²) in [7, 11) is 0. The molecule has 6 nitrogen and oxygen atoms in total. The predicted octanol–water partition coefficient (Wildman–Crippen LogP) is 4.89. The van der Waals surface area contributed by atoms with Crippen molar-refractivity contribution < 1.29 is 14.6 Å². The Morgan fingerprint density at radius 2 is 1.88 bits per heavy atom. The van der Waals surface area contributed by atoms with Gasteiger partial charge in [0.2, 0.25) is 0 Å². The van der Waals surface area contributed by atoms with Gasteiger partial charge in [-0.1, -0.05) is 44.2 Å². The molecule has 1 atom stereocenters. The van der Waals surface area contributed by atoms with Gasteiger partial charge in [0.05, 0.1) is 24.6 Å². The number of nitrogens with one attached hydrogen (secondary N) is 1. The maximum absolute atomic E-state index is 12.7. The summed E-state index contributed by atoms with van der Waals surface area (Å²) < 4.78 is 7.35. The molecule has 3 aromatic rings. The van der Waals surface area contributed by atoms with E-state index >= 15 is 0 Å². The third kappa shape index (κ3) is 4.67. The third-order valence-corrected chi connectivity index (χ3v) is 6.42. The second-order valence-electron chi connectivity index (χ2n) is 8.45. The van der Waals surface area contributed by atoms with Gasteiger partial charge in [0.25, 0.3) is 0 Å². The lowest BCUT2D eigenvalue weighted by molar-refractivity contribution is -0.145. The number of benzene rings is 2. The average Bonchev–Trinajstić information content (AvgIpc) is 3.05. The number of para-hydroxylation sites is 1. The highest BCUT2D eigenvalue weighted by molar-refractivity contribution is 5.77. The highest BCUT2D eigenvalue weighted by atomic mass is 16.5. The molecule has 0 aliphatic carbocycles. The molecule has 0 bridgehead atoms. The molecule has 0 spiro atoms. The second-order valence-corrected chi connectivity index (χ2v) is 8.45. The quantitative estimate of drug-likeness (QED) is 0.481. The molecule has 174 valence electrons. The van der Waals surface area contributed by atoms with Crippen LogP contribution in [0.3, 0.4) is 0 Å². The molecule has 0 amide bonds. The Bertz CT molecular complexity index is 1140. The van der Waals surface area contributed by atoms with Gasteiger partial charge in [-0.25, -0.2) is 4.98 Å². The summed E-state index contributed by atoms with van der Waals surface area (Å²) in [4.78, 5) is 17.5. The van der Waals surface area contributed by atoms with Gasteiger partial charge in [-0.15, -0.1) is 0 Å². The van der Waals surface area contributed by atoms with Gasteiger partial charge in [0.15, 0.2) is 0 Å². The van der Waals surface area contributed by atoms with Crippen LogP contribution < -0.4 is 5.32 Å². The summed E-state index contributed by atoms with van der Waals surface area (Å²) in [5, 5.41) is 13.7. The van der Waals surface area contributed by atoms with Gasteiger partial charge in [-0.3, -0.25) is 4.79 Å². The van der Waals surface area contributed by atoms with E-state index in [1.165, 1.54) is 11.1 Å². The number of esters is 1. The number of anilines is 2. The summed E-state index contributed by atoms with van der Waals surface area (Å²) in [5.41, 5.74) is 7.61. The van der Waals surface area contributed by atoms with E-state index in [1.807, 2.05) is 25.3 Å². The first-order valence-corrected chi connectivity index (χ1v) is 11.9. The van der Waals surface area contributed by atoms with Crippen LogP contribution in [0.1, 0.15) is 67.0 Å². The molecule has 1 aromatic heterocycles. The van der Waals surface area contributed by atoms with Crippen LogP contribution >= 0.6 is 0 Å². The van der Waals surface area contributed by atoms with E-state index < -0.39 is 5.92 Å². The van der Waals surface area contributed by atoms with Gasteiger partial charge in [-0.2, -0.15) is 0 Å². The molecule has 0 saturated heterocycles. The first-order chi connectivity index (χ1) is 16.1. The molecule has 0 saturated carbocycles. The van der Waals surface area contributed by atoms with Crippen molar-refractivity contribution in [1.29, 1.82) is 0 Å². The van der Waals surface area contributed by atoms with Crippen molar-refractivity contribution in [2.75, 3.05) is 11.9 Å². The number of fused-ring (bicyclic) bond motifs is 2. The monoisotopic (exact) mass is 447 g/mol. The Balaban J connectivity index is 1.69. The number of carbonyl (C=O) groups excluding carboxylic acids is 1. The zero-order chi connectivity index (χ0) is 23.4. The van der Waals surface area contributed by atoms with Crippen LogP contribution in [0, 0.1) is 0 Å². The molecular formula is C27H33N3O3. The first kappa shape index (κ1) is 23.1. The predicted molar refractivity (Wildman–Crippen MR) is 130 cm³/mol. The number of rotatable bonds is 8.